The van der Waals surface area contributed by atoms with Gasteiger partial charge in [-0.1, -0.05) is 6.07 Å². The van der Waals surface area contributed by atoms with Crippen LogP contribution in [0.15, 0.2) is 27.8 Å². The van der Waals surface area contributed by atoms with Crippen LogP contribution in [0.2, 0.25) is 0 Å². The lowest BCUT2D eigenvalue weighted by Crippen LogP contribution is -2.22. The monoisotopic (exact) mass is 262 g/mol. The molecule has 0 aliphatic carbocycles. The Morgan fingerprint density at radius 2 is 1.95 bits per heavy atom. The van der Waals surface area contributed by atoms with Gasteiger partial charge in [0.05, 0.1) is 16.5 Å². The van der Waals surface area contributed by atoms with Gasteiger partial charge < -0.3 is 10.6 Å². The molecule has 0 saturated heterocycles. The van der Waals surface area contributed by atoms with Gasteiger partial charge >= 0.3 is 0 Å². The molecule has 1 aromatic carbocycles. The molecule has 0 unspecified atom stereocenters. The molecular weight excluding hydrogens is 248 g/mol. The molecular formula is C12H14N4O3. The molecule has 0 bridgehead atoms. The van der Waals surface area contributed by atoms with Crippen molar-refractivity contribution in [1.29, 1.82) is 0 Å². The fourth-order valence-corrected chi connectivity index (χ4v) is 1.78. The molecule has 100 valence electrons. The third kappa shape index (κ3) is 2.71. The molecule has 1 heterocycles. The van der Waals surface area contributed by atoms with E-state index in [1.165, 1.54) is 6.07 Å². The molecule has 2 rings (SSSR count). The van der Waals surface area contributed by atoms with E-state index in [1.807, 2.05) is 0 Å². The third-order valence-electron chi connectivity index (χ3n) is 2.70. The van der Waals surface area contributed by atoms with Crippen molar-refractivity contribution in [3.63, 3.8) is 0 Å². The number of carbonyl (C=O) groups excluding carboxylic acids is 1. The highest BCUT2D eigenvalue weighted by Gasteiger charge is 2.10. The number of anilines is 1. The molecule has 0 fully saturated rings. The van der Waals surface area contributed by atoms with Crippen molar-refractivity contribution in [2.75, 3.05) is 18.9 Å². The standard InChI is InChI=1S/C12H14N4O3/c1-13-6-5-9(17)14-8-4-2-3-7-10(8)12(19)16-15-11(7)18/h2-4,13H,5-6H2,1H3,(H,14,17)(H,15,18)(H,16,19). The fraction of sp³-hybridized carbons (Fsp3) is 0.250. The molecule has 0 radical (unpaired) electrons. The summed E-state index contributed by atoms with van der Waals surface area (Å²) in [6, 6.07) is 4.74. The lowest BCUT2D eigenvalue weighted by atomic mass is 10.1. The van der Waals surface area contributed by atoms with E-state index in [2.05, 4.69) is 20.8 Å². The highest BCUT2D eigenvalue weighted by Crippen LogP contribution is 2.16. The minimum atomic E-state index is -0.445. The van der Waals surface area contributed by atoms with Crippen LogP contribution in [0.3, 0.4) is 0 Å². The Bertz CT molecular complexity index is 717. The minimum absolute atomic E-state index is 0.184. The zero-order chi connectivity index (χ0) is 13.8. The first-order chi connectivity index (χ1) is 9.13. The number of H-pyrrole nitrogens is 2. The maximum atomic E-state index is 11.8. The molecule has 1 amide bonds. The predicted molar refractivity (Wildman–Crippen MR) is 72.4 cm³/mol. The molecule has 0 saturated carbocycles. The van der Waals surface area contributed by atoms with Crippen molar-refractivity contribution >= 4 is 22.4 Å². The van der Waals surface area contributed by atoms with Crippen LogP contribution in [0.25, 0.3) is 10.8 Å². The Morgan fingerprint density at radius 1 is 1.21 bits per heavy atom. The first kappa shape index (κ1) is 13.0. The number of hydrogen-bond acceptors (Lipinski definition) is 4. The van der Waals surface area contributed by atoms with Crippen molar-refractivity contribution < 1.29 is 4.79 Å². The van der Waals surface area contributed by atoms with Gasteiger partial charge in [-0.15, -0.1) is 0 Å². The number of aromatic nitrogens is 2. The van der Waals surface area contributed by atoms with Gasteiger partial charge in [0.2, 0.25) is 5.91 Å². The average Bonchev–Trinajstić information content (AvgIpc) is 2.41. The van der Waals surface area contributed by atoms with E-state index in [-0.39, 0.29) is 23.1 Å². The molecule has 4 N–H and O–H groups in total. The molecule has 0 atom stereocenters. The van der Waals surface area contributed by atoms with Crippen molar-refractivity contribution in [1.82, 2.24) is 15.5 Å². The van der Waals surface area contributed by atoms with Gasteiger partial charge in [-0.2, -0.15) is 0 Å². The number of aromatic amines is 2. The number of carbonyl (C=O) groups is 1. The molecule has 0 aliphatic heterocycles. The second-order valence-electron chi connectivity index (χ2n) is 4.04. The highest BCUT2D eigenvalue weighted by molar-refractivity contribution is 6.01. The van der Waals surface area contributed by atoms with Crippen LogP contribution in [0.4, 0.5) is 5.69 Å². The van der Waals surface area contributed by atoms with Crippen LogP contribution in [-0.2, 0) is 4.79 Å². The van der Waals surface area contributed by atoms with Crippen LogP contribution in [0.5, 0.6) is 0 Å². The maximum absolute atomic E-state index is 11.8. The van der Waals surface area contributed by atoms with E-state index >= 15 is 0 Å². The molecule has 7 heteroatoms. The van der Waals surface area contributed by atoms with Gasteiger partial charge in [0, 0.05) is 13.0 Å². The number of amides is 1. The number of rotatable bonds is 4. The summed E-state index contributed by atoms with van der Waals surface area (Å²) in [6.07, 6.45) is 0.286. The second kappa shape index (κ2) is 5.49. The van der Waals surface area contributed by atoms with Gasteiger partial charge in [-0.25, -0.2) is 0 Å². The molecule has 19 heavy (non-hydrogen) atoms. The van der Waals surface area contributed by atoms with Crippen LogP contribution in [0, 0.1) is 0 Å². The average molecular weight is 262 g/mol. The summed E-state index contributed by atoms with van der Waals surface area (Å²) in [4.78, 5) is 35.0. The van der Waals surface area contributed by atoms with Crippen molar-refractivity contribution in [3.8, 4) is 0 Å². The molecule has 2 aromatic rings. The lowest BCUT2D eigenvalue weighted by Gasteiger charge is -2.07. The minimum Gasteiger partial charge on any atom is -0.325 e. The Hall–Kier alpha value is -2.41. The van der Waals surface area contributed by atoms with Gasteiger partial charge in [0.15, 0.2) is 0 Å². The summed E-state index contributed by atoms with van der Waals surface area (Å²) < 4.78 is 0. The SMILES string of the molecule is CNCCC(=O)Nc1cccc2c(=O)[nH][nH]c(=O)c12. The van der Waals surface area contributed by atoms with Crippen LogP contribution in [0.1, 0.15) is 6.42 Å². The zero-order valence-electron chi connectivity index (χ0n) is 10.4. The van der Waals surface area contributed by atoms with E-state index in [1.54, 1.807) is 19.2 Å². The van der Waals surface area contributed by atoms with E-state index in [4.69, 9.17) is 0 Å². The van der Waals surface area contributed by atoms with Crippen molar-refractivity contribution in [3.05, 3.63) is 38.9 Å². The number of nitrogens with one attached hydrogen (secondary N) is 4. The summed E-state index contributed by atoms with van der Waals surface area (Å²) in [5, 5.41) is 10.4. The summed E-state index contributed by atoms with van der Waals surface area (Å²) in [7, 11) is 1.75. The van der Waals surface area contributed by atoms with E-state index < -0.39 is 11.1 Å². The Balaban J connectivity index is 2.44. The van der Waals surface area contributed by atoms with Gasteiger partial charge in [-0.3, -0.25) is 24.6 Å². The Morgan fingerprint density at radius 3 is 2.68 bits per heavy atom. The molecule has 7 nitrogen and oxygen atoms in total. The summed E-state index contributed by atoms with van der Waals surface area (Å²) in [5.41, 5.74) is -0.508. The topological polar surface area (TPSA) is 107 Å². The van der Waals surface area contributed by atoms with Crippen LogP contribution < -0.4 is 21.8 Å². The van der Waals surface area contributed by atoms with Crippen LogP contribution >= 0.6 is 0 Å². The summed E-state index contributed by atoms with van der Waals surface area (Å²) in [5.74, 6) is -0.221. The molecule has 0 aliphatic rings. The van der Waals surface area contributed by atoms with Gasteiger partial charge in [0.1, 0.15) is 0 Å². The Labute approximate surface area is 108 Å². The van der Waals surface area contributed by atoms with E-state index in [0.29, 0.717) is 12.2 Å². The number of benzene rings is 1. The van der Waals surface area contributed by atoms with Crippen molar-refractivity contribution in [2.24, 2.45) is 0 Å². The lowest BCUT2D eigenvalue weighted by molar-refractivity contribution is -0.116. The first-order valence-electron chi connectivity index (χ1n) is 5.81. The second-order valence-corrected chi connectivity index (χ2v) is 4.04. The Kier molecular flexibility index (Phi) is 3.76. The third-order valence-corrected chi connectivity index (χ3v) is 2.70. The van der Waals surface area contributed by atoms with Crippen molar-refractivity contribution in [2.45, 2.75) is 6.42 Å². The van der Waals surface area contributed by atoms with E-state index in [0.717, 1.165) is 0 Å². The predicted octanol–water partition coefficient (Wildman–Crippen LogP) is -0.236. The number of fused-ring (bicyclic) bond motifs is 1. The smallest absolute Gasteiger partial charge is 0.272 e. The molecule has 1 aromatic heterocycles. The fourth-order valence-electron chi connectivity index (χ4n) is 1.78. The maximum Gasteiger partial charge on any atom is 0.272 e. The highest BCUT2D eigenvalue weighted by atomic mass is 16.2. The zero-order valence-corrected chi connectivity index (χ0v) is 10.4. The normalized spacial score (nSPS) is 10.6. The van der Waals surface area contributed by atoms with E-state index in [9.17, 15) is 14.4 Å². The largest absolute Gasteiger partial charge is 0.325 e. The van der Waals surface area contributed by atoms with Gasteiger partial charge in [0.25, 0.3) is 11.1 Å². The summed E-state index contributed by atoms with van der Waals surface area (Å²) in [6.45, 7) is 0.535. The summed E-state index contributed by atoms with van der Waals surface area (Å²) >= 11 is 0. The number of hydrogen-bond donors (Lipinski definition) is 4. The van der Waals surface area contributed by atoms with Crippen LogP contribution in [-0.4, -0.2) is 29.7 Å². The quantitative estimate of drug-likeness (QED) is 0.610. The molecule has 0 spiro atoms. The van der Waals surface area contributed by atoms with Gasteiger partial charge in [-0.05, 0) is 19.2 Å². The first-order valence-corrected chi connectivity index (χ1v) is 5.81.